The third-order valence-electron chi connectivity index (χ3n) is 5.18. The number of benzene rings is 1. The van der Waals surface area contributed by atoms with Crippen molar-refractivity contribution in [1.29, 1.82) is 10.8 Å². The van der Waals surface area contributed by atoms with Gasteiger partial charge in [0.25, 0.3) is 0 Å². The van der Waals surface area contributed by atoms with Crippen LogP contribution < -0.4 is 15.5 Å². The van der Waals surface area contributed by atoms with E-state index in [0.29, 0.717) is 18.1 Å². The molecule has 1 aromatic carbocycles. The summed E-state index contributed by atoms with van der Waals surface area (Å²) >= 11 is 7.64. The maximum Gasteiger partial charge on any atom is 0.222 e. The maximum atomic E-state index is 12.5. The first-order valence-corrected chi connectivity index (χ1v) is 11.2. The molecule has 164 valence electrons. The number of aryl methyl sites for hydroxylation is 1. The first-order chi connectivity index (χ1) is 14.7. The van der Waals surface area contributed by atoms with Crippen LogP contribution in [0.4, 0.5) is 5.00 Å². The van der Waals surface area contributed by atoms with Crippen LogP contribution in [0.1, 0.15) is 34.9 Å². The summed E-state index contributed by atoms with van der Waals surface area (Å²) < 4.78 is 0. The van der Waals surface area contributed by atoms with E-state index in [9.17, 15) is 4.79 Å². The van der Waals surface area contributed by atoms with Gasteiger partial charge in [0.05, 0.1) is 12.1 Å². The highest BCUT2D eigenvalue weighted by Gasteiger charge is 2.34. The van der Waals surface area contributed by atoms with Gasteiger partial charge in [-0.15, -0.1) is 11.3 Å². The lowest BCUT2D eigenvalue weighted by Crippen LogP contribution is -2.42. The largest absolute Gasteiger partial charge is 0.355 e. The average Bonchev–Trinajstić information content (AvgIpc) is 2.93. The van der Waals surface area contributed by atoms with Gasteiger partial charge in [0.1, 0.15) is 22.7 Å². The minimum absolute atomic E-state index is 0.0381. The van der Waals surface area contributed by atoms with Gasteiger partial charge in [-0.1, -0.05) is 23.7 Å². The van der Waals surface area contributed by atoms with Crippen molar-refractivity contribution in [3.05, 3.63) is 50.9 Å². The van der Waals surface area contributed by atoms with E-state index >= 15 is 0 Å². The van der Waals surface area contributed by atoms with Crippen molar-refractivity contribution >= 4 is 51.2 Å². The van der Waals surface area contributed by atoms with Crippen molar-refractivity contribution in [1.82, 2.24) is 10.6 Å². The average molecular weight is 459 g/mol. The van der Waals surface area contributed by atoms with Crippen molar-refractivity contribution in [3.8, 4) is 0 Å². The molecule has 3 rings (SSSR count). The molecule has 0 radical (unpaired) electrons. The molecule has 0 saturated heterocycles. The van der Waals surface area contributed by atoms with Crippen LogP contribution in [0.3, 0.4) is 0 Å². The lowest BCUT2D eigenvalue weighted by molar-refractivity contribution is -0.121. The van der Waals surface area contributed by atoms with Crippen molar-refractivity contribution in [3.63, 3.8) is 0 Å². The van der Waals surface area contributed by atoms with Crippen LogP contribution >= 0.6 is 22.9 Å². The smallest absolute Gasteiger partial charge is 0.222 e. The molecule has 9 heteroatoms. The number of fused-ring (bicyclic) bond motifs is 1. The molecule has 1 aliphatic rings. The second kappa shape index (κ2) is 9.72. The van der Waals surface area contributed by atoms with Crippen LogP contribution in [0.5, 0.6) is 0 Å². The summed E-state index contributed by atoms with van der Waals surface area (Å²) in [4.78, 5) is 20.2. The molecular formula is C22H27ClN6OS. The second-order valence-corrected chi connectivity index (χ2v) is 9.07. The van der Waals surface area contributed by atoms with E-state index < -0.39 is 6.04 Å². The van der Waals surface area contributed by atoms with Gasteiger partial charge in [0.15, 0.2) is 0 Å². The van der Waals surface area contributed by atoms with Gasteiger partial charge in [0, 0.05) is 34.1 Å². The molecule has 4 N–H and O–H groups in total. The third kappa shape index (κ3) is 4.87. The van der Waals surface area contributed by atoms with Crippen molar-refractivity contribution in [2.75, 3.05) is 25.0 Å². The Hall–Kier alpha value is -2.55. The molecule has 1 atom stereocenters. The second-order valence-electron chi connectivity index (χ2n) is 7.43. The number of likely N-dealkylation sites (N-methyl/N-ethyl adjacent to an activating group) is 1. The molecule has 0 bridgehead atoms. The Labute approximate surface area is 191 Å². The fourth-order valence-electron chi connectivity index (χ4n) is 3.46. The van der Waals surface area contributed by atoms with Crippen molar-refractivity contribution in [2.45, 2.75) is 33.2 Å². The number of carbonyl (C=O) groups excluding carboxylic acids is 1. The van der Waals surface area contributed by atoms with Crippen LogP contribution in [0, 0.1) is 24.7 Å². The number of amides is 1. The van der Waals surface area contributed by atoms with E-state index in [0.717, 1.165) is 32.3 Å². The van der Waals surface area contributed by atoms with E-state index in [2.05, 4.69) is 10.6 Å². The molecular weight excluding hydrogens is 432 g/mol. The Balaban J connectivity index is 2.12. The zero-order valence-electron chi connectivity index (χ0n) is 18.1. The van der Waals surface area contributed by atoms with Gasteiger partial charge < -0.3 is 10.6 Å². The lowest BCUT2D eigenvalue weighted by Gasteiger charge is -2.24. The highest BCUT2D eigenvalue weighted by Crippen LogP contribution is 2.40. The number of nitrogens with one attached hydrogen (secondary N) is 4. The number of rotatable bonds is 6. The van der Waals surface area contributed by atoms with Gasteiger partial charge in [-0.3, -0.25) is 25.5 Å². The molecule has 0 aliphatic carbocycles. The zero-order chi connectivity index (χ0) is 22.7. The van der Waals surface area contributed by atoms with E-state index in [-0.39, 0.29) is 24.0 Å². The van der Waals surface area contributed by atoms with Gasteiger partial charge in [-0.05, 0) is 45.5 Å². The lowest BCUT2D eigenvalue weighted by atomic mass is 9.99. The normalized spacial score (nSPS) is 15.9. The molecule has 2 heterocycles. The first kappa shape index (κ1) is 23.1. The number of hydrogen-bond donors (Lipinski definition) is 4. The number of amidine groups is 2. The molecule has 1 aromatic heterocycles. The molecule has 0 fully saturated rings. The summed E-state index contributed by atoms with van der Waals surface area (Å²) in [6.45, 7) is 6.88. The Morgan fingerprint density at radius 2 is 1.94 bits per heavy atom. The topological polar surface area (TPSA) is 104 Å². The quantitative estimate of drug-likeness (QED) is 0.301. The molecule has 1 amide bonds. The van der Waals surface area contributed by atoms with Gasteiger partial charge >= 0.3 is 0 Å². The number of nitrogens with zero attached hydrogens (tertiary/aromatic N) is 2. The summed E-state index contributed by atoms with van der Waals surface area (Å²) in [5.74, 6) is 0.174. The third-order valence-corrected chi connectivity index (χ3v) is 6.62. The molecule has 1 aliphatic heterocycles. The predicted octanol–water partition coefficient (Wildman–Crippen LogP) is 3.74. The Bertz CT molecular complexity index is 1040. The molecule has 2 aromatic rings. The monoisotopic (exact) mass is 458 g/mol. The predicted molar refractivity (Wildman–Crippen MR) is 130 cm³/mol. The first-order valence-electron chi connectivity index (χ1n) is 10.0. The maximum absolute atomic E-state index is 12.5. The summed E-state index contributed by atoms with van der Waals surface area (Å²) in [5.41, 5.74) is 3.55. The summed E-state index contributed by atoms with van der Waals surface area (Å²) in [7, 11) is 1.82. The summed E-state index contributed by atoms with van der Waals surface area (Å²) in [6, 6.07) is 6.71. The van der Waals surface area contributed by atoms with Crippen LogP contribution in [-0.2, 0) is 4.79 Å². The number of anilines is 1. The van der Waals surface area contributed by atoms with Gasteiger partial charge in [-0.2, -0.15) is 0 Å². The molecule has 0 saturated carbocycles. The standard InChI is InChI=1S/C22H27ClN6OS/c1-12-13(2)31-22-19(12)20(15-5-7-16(23)8-6-15)28-17(21(25)29(22)14(3)24)11-18(30)27-10-9-26-4/h5-8,17,24-26H,9-11H2,1-4H3,(H,27,30). The van der Waals surface area contributed by atoms with Crippen molar-refractivity contribution < 1.29 is 4.79 Å². The fraction of sp³-hybridized carbons (Fsp3) is 0.364. The zero-order valence-corrected chi connectivity index (χ0v) is 19.7. The molecule has 1 unspecified atom stereocenters. The number of halogens is 1. The van der Waals surface area contributed by atoms with Crippen LogP contribution in [-0.4, -0.2) is 49.5 Å². The van der Waals surface area contributed by atoms with E-state index in [1.54, 1.807) is 11.8 Å². The summed E-state index contributed by atoms with van der Waals surface area (Å²) in [5, 5.41) is 24.5. The van der Waals surface area contributed by atoms with Crippen LogP contribution in [0.15, 0.2) is 29.3 Å². The molecule has 0 spiro atoms. The number of hydrogen-bond acceptors (Lipinski definition) is 6. The minimum atomic E-state index is -0.708. The fourth-order valence-corrected chi connectivity index (χ4v) is 4.81. The highest BCUT2D eigenvalue weighted by atomic mass is 35.5. The minimum Gasteiger partial charge on any atom is -0.355 e. The van der Waals surface area contributed by atoms with Crippen LogP contribution in [0.25, 0.3) is 0 Å². The molecule has 7 nitrogen and oxygen atoms in total. The van der Waals surface area contributed by atoms with Gasteiger partial charge in [0.2, 0.25) is 5.91 Å². The van der Waals surface area contributed by atoms with E-state index in [1.165, 1.54) is 11.3 Å². The number of carbonyl (C=O) groups is 1. The number of aliphatic imine (C=N–C) groups is 1. The van der Waals surface area contributed by atoms with Crippen LogP contribution in [0.2, 0.25) is 5.02 Å². The van der Waals surface area contributed by atoms with E-state index in [4.69, 9.17) is 27.4 Å². The Morgan fingerprint density at radius 1 is 1.26 bits per heavy atom. The Kier molecular flexibility index (Phi) is 7.25. The highest BCUT2D eigenvalue weighted by molar-refractivity contribution is 7.17. The number of thiophene rings is 1. The summed E-state index contributed by atoms with van der Waals surface area (Å²) in [6.07, 6.45) is 0.0381. The Morgan fingerprint density at radius 3 is 2.55 bits per heavy atom. The SMILES string of the molecule is CNCCNC(=O)CC1N=C(c2ccc(Cl)cc2)c2c(sc(C)c2C)N(C(C)=N)C1=N. The van der Waals surface area contributed by atoms with Gasteiger partial charge in [-0.25, -0.2) is 0 Å². The van der Waals surface area contributed by atoms with E-state index in [1.807, 2.05) is 45.2 Å². The molecule has 31 heavy (non-hydrogen) atoms. The van der Waals surface area contributed by atoms with Crippen molar-refractivity contribution in [2.24, 2.45) is 4.99 Å².